The van der Waals surface area contributed by atoms with Crippen LogP contribution in [-0.4, -0.2) is 204 Å². The standard InChI is InChI=1S/C17H22O8.C17H20O6.C13H18O6.C11H16O5.C7H9BO3.I3.I2.HI/c1-9(19)23-8-13-17(24-10(2)20)15(22)14(21)16(25-13)12-5-3-4-11(6-12)7-18;1-11(19)21-10-17-16(22-12(2)20)7-6-15(23-17)14-5-3-4-13(8-14)9-18;14-5-7-2-1-3-8(4-7)13-12(18)11(17)10(16)9(6-15)19-13;1-7-4-5-14-10(6-15-8(2)12)11(7)16-9(3)13;9-5-6-2-1-3-7(4-6)8(10)11;1-3-2;1-2;/h3-6,13-18,21-22H,7-8H2,1-2H3;3-8,15-18H,9-10H2,1-2H3;1-4,9-18H,5-6H2;4-5,7,10-11H,6H2,1-3H3;1-4,9-11H,5H2;;;1H/q;;;;;-1;;/t13-,14+,15-,16?,17-;15?,16-,17+;9-,10-,11+,12+,13?;7-,10-,11+;;;;/m1011..../s1. The molecule has 0 radical (unpaired) electrons. The minimum Gasteiger partial charge on any atom is -0.423 e. The molecule has 4 aromatic carbocycles. The van der Waals surface area contributed by atoms with Crippen LogP contribution in [0, 0.1) is 5.92 Å². The average Bonchev–Trinajstić information content (AvgIpc) is 0.797. The van der Waals surface area contributed by atoms with Gasteiger partial charge >= 0.3 is 93.4 Å². The van der Waals surface area contributed by atoms with Gasteiger partial charge in [-0.25, -0.2) is 0 Å². The van der Waals surface area contributed by atoms with E-state index in [2.05, 4.69) is 74.5 Å². The Labute approximate surface area is 649 Å². The van der Waals surface area contributed by atoms with E-state index < -0.39 is 123 Å². The van der Waals surface area contributed by atoms with Crippen molar-refractivity contribution in [1.82, 2.24) is 0 Å². The Balaban J connectivity index is 0.000000625. The zero-order valence-electron chi connectivity index (χ0n) is 55.2. The van der Waals surface area contributed by atoms with Crippen molar-refractivity contribution in [3.05, 3.63) is 160 Å². The quantitative estimate of drug-likeness (QED) is 0.0219. The molecule has 0 bridgehead atoms. The minimum atomic E-state index is -1.46. The van der Waals surface area contributed by atoms with Gasteiger partial charge < -0.3 is 108 Å². The molecule has 0 saturated carbocycles. The average molecular weight is 2090 g/mol. The van der Waals surface area contributed by atoms with Crippen LogP contribution in [0.5, 0.6) is 0 Å². The molecule has 4 heterocycles. The van der Waals surface area contributed by atoms with Gasteiger partial charge in [0, 0.05) is 84.7 Å². The number of ether oxygens (including phenoxy) is 10. The maximum Gasteiger partial charge on any atom is 0.488 e. The molecule has 0 spiro atoms. The van der Waals surface area contributed by atoms with Crippen molar-refractivity contribution < 1.29 is 151 Å². The van der Waals surface area contributed by atoms with Crippen molar-refractivity contribution in [3.8, 4) is 0 Å². The summed E-state index contributed by atoms with van der Waals surface area (Å²) in [5, 5.41) is 113. The van der Waals surface area contributed by atoms with Crippen molar-refractivity contribution in [3.63, 3.8) is 0 Å². The van der Waals surface area contributed by atoms with Crippen LogP contribution < -0.4 is 18.7 Å². The predicted octanol–water partition coefficient (Wildman–Crippen LogP) is 1.25. The van der Waals surface area contributed by atoms with Crippen LogP contribution in [0.3, 0.4) is 0 Å². The Morgan fingerprint density at radius 3 is 1.31 bits per heavy atom. The number of carbonyl (C=O) groups is 6. The van der Waals surface area contributed by atoms with Crippen molar-refractivity contribution in [2.45, 2.75) is 166 Å². The third kappa shape index (κ3) is 33.9. The van der Waals surface area contributed by atoms with Crippen molar-refractivity contribution in [1.29, 1.82) is 0 Å². The van der Waals surface area contributed by atoms with Gasteiger partial charge in [-0.2, -0.15) is 0 Å². The van der Waals surface area contributed by atoms with E-state index in [4.69, 9.17) is 72.7 Å². The number of benzene rings is 4. The summed E-state index contributed by atoms with van der Waals surface area (Å²) >= 11 is 9.54. The number of rotatable bonds is 18. The molecule has 2 saturated heterocycles. The van der Waals surface area contributed by atoms with Gasteiger partial charge in [-0.3, -0.25) is 28.8 Å². The van der Waals surface area contributed by atoms with Gasteiger partial charge in [-0.15, -0.1) is 24.0 Å². The summed E-state index contributed by atoms with van der Waals surface area (Å²) in [6.45, 7) is 8.48. The summed E-state index contributed by atoms with van der Waals surface area (Å²) in [4.78, 5) is 66.2. The Morgan fingerprint density at radius 1 is 0.470 bits per heavy atom. The maximum absolute atomic E-state index is 11.3. The van der Waals surface area contributed by atoms with Gasteiger partial charge in [0.1, 0.15) is 99.2 Å². The fourth-order valence-electron chi connectivity index (χ4n) is 9.70. The van der Waals surface area contributed by atoms with Crippen LogP contribution in [0.1, 0.15) is 106 Å². The van der Waals surface area contributed by atoms with E-state index in [1.807, 2.05) is 31.2 Å². The largest absolute Gasteiger partial charge is 0.488 e. The van der Waals surface area contributed by atoms with Gasteiger partial charge in [0.2, 0.25) is 0 Å². The van der Waals surface area contributed by atoms with Crippen LogP contribution in [0.4, 0.5) is 0 Å². The van der Waals surface area contributed by atoms with Gasteiger partial charge in [-0.05, 0) is 56.6 Å². The monoisotopic (exact) mass is 2090 g/mol. The van der Waals surface area contributed by atoms with E-state index in [0.29, 0.717) is 46.5 Å². The molecule has 12 N–H and O–H groups in total. The number of aliphatic hydroxyl groups excluding tert-OH is 10. The molecular formula is C65H86BI6O28-. The number of hydrogen-bond donors (Lipinski definition) is 12. The van der Waals surface area contributed by atoms with Crippen molar-refractivity contribution in [2.75, 3.05) is 26.4 Å². The Hall–Kier alpha value is -3.18. The molecule has 8 rings (SSSR count). The molecule has 3 unspecified atom stereocenters. The zero-order valence-corrected chi connectivity index (χ0v) is 68.3. The minimum absolute atomic E-state index is 0. The molecule has 16 atom stereocenters. The number of hydrogen-bond acceptors (Lipinski definition) is 28. The Bertz CT molecular complexity index is 3130. The number of esters is 6. The number of aliphatic hydroxyl groups is 10. The summed E-state index contributed by atoms with van der Waals surface area (Å²) in [6.07, 6.45) is -7.26. The molecule has 100 heavy (non-hydrogen) atoms. The van der Waals surface area contributed by atoms with Crippen molar-refractivity contribution in [2.24, 2.45) is 5.92 Å². The third-order valence-corrected chi connectivity index (χ3v) is 14.3. The van der Waals surface area contributed by atoms with E-state index in [0.717, 1.165) is 11.1 Å². The first-order valence-corrected chi connectivity index (χ1v) is 49.0. The molecule has 4 aliphatic heterocycles. The maximum atomic E-state index is 11.3. The first kappa shape index (κ1) is 94.8. The van der Waals surface area contributed by atoms with Crippen LogP contribution >= 0.6 is 98.4 Å². The van der Waals surface area contributed by atoms with E-state index in [-0.39, 0.29) is 94.2 Å². The SMILES string of the molecule is CC(=O)OC[C@H]1OC(c2cccc(CO)c2)C=C[C@@H]1OC(C)=O.CC(=O)OC[C@H]1OC(c2cccc(CO)c2)[C@@H](O)[C@@H](O)[C@@H]1OC(C)=O.CC(=O)OC[C@H]1OC=C[C@@H](C)[C@@H]1OC(C)=O.I.II.I[I-]I.OCc1cccc(B(O)O)c1.OCc1cccc(C2O[C@H](CO)[C@@H](O)[C@H](O)[C@@H]2O)c1. The Morgan fingerprint density at radius 2 is 0.870 bits per heavy atom. The third-order valence-electron chi connectivity index (χ3n) is 14.3. The molecular weight excluding hydrogens is 2000 g/mol. The molecule has 0 aliphatic carbocycles. The normalized spacial score (nSPS) is 25.2. The summed E-state index contributed by atoms with van der Waals surface area (Å²) < 4.78 is 52.5. The van der Waals surface area contributed by atoms with Crippen molar-refractivity contribution >= 4 is 147 Å². The number of halogens is 6. The second-order valence-electron chi connectivity index (χ2n) is 21.8. The van der Waals surface area contributed by atoms with E-state index >= 15 is 0 Å². The van der Waals surface area contributed by atoms with Gasteiger partial charge in [0.25, 0.3) is 0 Å². The zero-order chi connectivity index (χ0) is 74.5. The smallest absolute Gasteiger partial charge is 0.423 e. The summed E-state index contributed by atoms with van der Waals surface area (Å²) in [5.41, 5.74) is 5.08. The molecule has 28 nitrogen and oxygen atoms in total. The molecule has 35 heteroatoms. The van der Waals surface area contributed by atoms with E-state index in [9.17, 15) is 64.5 Å². The first-order valence-electron chi connectivity index (χ1n) is 30.1. The van der Waals surface area contributed by atoms with Crippen LogP contribution in [-0.2, 0) is 103 Å². The molecule has 4 aliphatic rings. The van der Waals surface area contributed by atoms with Crippen LogP contribution in [0.25, 0.3) is 0 Å². The summed E-state index contributed by atoms with van der Waals surface area (Å²) in [5.74, 6) is -2.78. The van der Waals surface area contributed by atoms with Crippen LogP contribution in [0.15, 0.2) is 122 Å². The van der Waals surface area contributed by atoms with Gasteiger partial charge in [0.15, 0.2) is 12.2 Å². The summed E-state index contributed by atoms with van der Waals surface area (Å²) in [6, 6.07) is 27.3. The summed E-state index contributed by atoms with van der Waals surface area (Å²) in [7, 11) is -1.46. The predicted molar refractivity (Wildman–Crippen MR) is 400 cm³/mol. The second-order valence-corrected chi connectivity index (χ2v) is 38.1. The van der Waals surface area contributed by atoms with E-state index in [1.165, 1.54) is 41.5 Å². The molecule has 560 valence electrons. The molecule has 0 amide bonds. The molecule has 0 aromatic heterocycles. The van der Waals surface area contributed by atoms with Crippen LogP contribution in [0.2, 0.25) is 0 Å². The van der Waals surface area contributed by atoms with Gasteiger partial charge in [-0.1, -0.05) is 110 Å². The van der Waals surface area contributed by atoms with Gasteiger partial charge in [0.05, 0.1) is 39.3 Å². The van der Waals surface area contributed by atoms with E-state index in [1.54, 1.807) is 97.3 Å². The molecule has 4 aromatic rings. The fraction of sp³-hybridized carbons (Fsp3) is 0.477. The first-order chi connectivity index (χ1) is 47.1. The molecule has 2 fully saturated rings. The topological polar surface area (TPSA) is 437 Å². The second kappa shape index (κ2) is 51.9. The fourth-order valence-corrected chi connectivity index (χ4v) is 9.70. The Kier molecular flexibility index (Phi) is 49.2. The number of carbonyl (C=O) groups excluding carboxylic acids is 6.